The van der Waals surface area contributed by atoms with Crippen LogP contribution in [0.15, 0.2) is 48.5 Å². The number of carbonyl (C=O) groups excluding carboxylic acids is 2. The van der Waals surface area contributed by atoms with Crippen molar-refractivity contribution >= 4 is 17.6 Å². The van der Waals surface area contributed by atoms with Crippen molar-refractivity contribution in [1.82, 2.24) is 35.2 Å². The molecule has 3 N–H and O–H groups in total. The highest BCUT2D eigenvalue weighted by Gasteiger charge is 2.20. The Kier molecular flexibility index (Phi) is 4.67. The van der Waals surface area contributed by atoms with Gasteiger partial charge in [-0.1, -0.05) is 18.2 Å². The van der Waals surface area contributed by atoms with E-state index in [4.69, 9.17) is 15.2 Å². The maximum atomic E-state index is 12.5. The number of tetrazole rings is 1. The molecule has 0 aliphatic carbocycles. The average molecular weight is 433 g/mol. The molecule has 0 radical (unpaired) electrons. The number of nitrogens with one attached hydrogen (secondary N) is 1. The van der Waals surface area contributed by atoms with Gasteiger partial charge in [0.1, 0.15) is 6.54 Å². The number of benzene rings is 2. The number of nitrogens with zero attached hydrogens (tertiary/aromatic N) is 7. The van der Waals surface area contributed by atoms with E-state index in [1.165, 1.54) is 4.80 Å². The molecular weight excluding hydrogens is 418 g/mol. The molecule has 0 atom stereocenters. The number of para-hydroxylation sites is 1. The lowest BCUT2D eigenvalue weighted by Gasteiger charge is -2.01. The summed E-state index contributed by atoms with van der Waals surface area (Å²) in [6, 6.07) is 14.1. The molecule has 13 heteroatoms. The summed E-state index contributed by atoms with van der Waals surface area (Å²) in [6.07, 6.45) is 0. The van der Waals surface area contributed by atoms with Crippen molar-refractivity contribution in [2.24, 2.45) is 5.73 Å². The van der Waals surface area contributed by atoms with Gasteiger partial charge in [0.15, 0.2) is 23.0 Å². The molecule has 5 rings (SSSR count). The Morgan fingerprint density at radius 2 is 1.84 bits per heavy atom. The first kappa shape index (κ1) is 19.2. The van der Waals surface area contributed by atoms with E-state index in [1.54, 1.807) is 42.5 Å². The quantitative estimate of drug-likeness (QED) is 0.437. The number of carbonyl (C=O) groups is 2. The molecule has 32 heavy (non-hydrogen) atoms. The van der Waals surface area contributed by atoms with Crippen LogP contribution in [-0.2, 0) is 11.3 Å². The van der Waals surface area contributed by atoms with Gasteiger partial charge in [0.2, 0.25) is 18.5 Å². The third-order valence-electron chi connectivity index (χ3n) is 4.46. The number of aromatic nitrogens is 7. The second-order valence-electron chi connectivity index (χ2n) is 6.65. The fraction of sp³-hybridized carbons (Fsp3) is 0.105. The minimum absolute atomic E-state index is 0.0672. The number of hydrogen-bond acceptors (Lipinski definition) is 9. The fourth-order valence-corrected chi connectivity index (χ4v) is 2.99. The molecule has 1 aliphatic heterocycles. The Labute approximate surface area is 179 Å². The number of rotatable bonds is 6. The Hall–Kier alpha value is -4.81. The van der Waals surface area contributed by atoms with Gasteiger partial charge in [-0.15, -0.1) is 25.2 Å². The lowest BCUT2D eigenvalue weighted by Crippen LogP contribution is -2.23. The zero-order chi connectivity index (χ0) is 22.1. The number of hydrogen-bond donors (Lipinski definition) is 2. The van der Waals surface area contributed by atoms with E-state index in [-0.39, 0.29) is 24.8 Å². The van der Waals surface area contributed by atoms with Crippen LogP contribution in [0.3, 0.4) is 0 Å². The Morgan fingerprint density at radius 3 is 2.66 bits per heavy atom. The molecule has 3 heterocycles. The standard InChI is InChI=1S/C19H15N9O4/c20-17(30)16-19(25-28(23-16)12-4-2-1-3-5-12)21-15(29)9-27-24-18(22-26-27)11-6-7-13-14(8-11)32-10-31-13/h1-8H,9-10H2,(H2,20,30)(H,21,25,29). The van der Waals surface area contributed by atoms with Crippen LogP contribution in [0.1, 0.15) is 10.5 Å². The molecule has 2 amide bonds. The number of anilines is 1. The maximum Gasteiger partial charge on any atom is 0.273 e. The highest BCUT2D eigenvalue weighted by atomic mass is 16.7. The largest absolute Gasteiger partial charge is 0.454 e. The molecule has 0 unspecified atom stereocenters. The summed E-state index contributed by atoms with van der Waals surface area (Å²) in [4.78, 5) is 26.6. The Bertz CT molecular complexity index is 1320. The van der Waals surface area contributed by atoms with E-state index < -0.39 is 11.8 Å². The van der Waals surface area contributed by atoms with Gasteiger partial charge in [0.05, 0.1) is 5.69 Å². The van der Waals surface area contributed by atoms with Crippen LogP contribution in [0.25, 0.3) is 17.1 Å². The predicted molar refractivity (Wildman–Crippen MR) is 108 cm³/mol. The van der Waals surface area contributed by atoms with E-state index in [9.17, 15) is 9.59 Å². The van der Waals surface area contributed by atoms with Crippen molar-refractivity contribution in [3.63, 3.8) is 0 Å². The second-order valence-corrected chi connectivity index (χ2v) is 6.65. The van der Waals surface area contributed by atoms with Crippen LogP contribution in [0.4, 0.5) is 5.82 Å². The molecule has 13 nitrogen and oxygen atoms in total. The monoisotopic (exact) mass is 433 g/mol. The number of ether oxygens (including phenoxy) is 2. The van der Waals surface area contributed by atoms with E-state index >= 15 is 0 Å². The van der Waals surface area contributed by atoms with Gasteiger partial charge < -0.3 is 20.5 Å². The summed E-state index contributed by atoms with van der Waals surface area (Å²) in [5, 5.41) is 22.8. The lowest BCUT2D eigenvalue weighted by molar-refractivity contribution is -0.117. The SMILES string of the molecule is NC(=O)c1nn(-c2ccccc2)nc1NC(=O)Cn1nnc(-c2ccc3c(c2)OCO3)n1. The van der Waals surface area contributed by atoms with Gasteiger partial charge in [-0.2, -0.15) is 4.80 Å². The van der Waals surface area contributed by atoms with Crippen molar-refractivity contribution in [2.75, 3.05) is 12.1 Å². The molecule has 0 spiro atoms. The van der Waals surface area contributed by atoms with Gasteiger partial charge in [-0.3, -0.25) is 9.59 Å². The number of amides is 2. The van der Waals surface area contributed by atoms with Crippen LogP contribution in [0.2, 0.25) is 0 Å². The van der Waals surface area contributed by atoms with Crippen LogP contribution >= 0.6 is 0 Å². The summed E-state index contributed by atoms with van der Waals surface area (Å²) in [6.45, 7) is -0.116. The van der Waals surface area contributed by atoms with E-state index in [2.05, 4.69) is 30.9 Å². The normalized spacial score (nSPS) is 12.0. The molecule has 1 aliphatic rings. The molecule has 4 aromatic rings. The van der Waals surface area contributed by atoms with Crippen LogP contribution in [0.5, 0.6) is 11.5 Å². The Morgan fingerprint density at radius 1 is 1.03 bits per heavy atom. The zero-order valence-corrected chi connectivity index (χ0v) is 16.4. The van der Waals surface area contributed by atoms with Crippen molar-refractivity contribution in [1.29, 1.82) is 0 Å². The Balaban J connectivity index is 1.31. The molecule has 160 valence electrons. The smallest absolute Gasteiger partial charge is 0.273 e. The van der Waals surface area contributed by atoms with Crippen molar-refractivity contribution in [3.8, 4) is 28.6 Å². The molecule has 2 aromatic heterocycles. The number of primary amides is 1. The minimum Gasteiger partial charge on any atom is -0.454 e. The lowest BCUT2D eigenvalue weighted by atomic mass is 10.2. The molecular formula is C19H15N9O4. The highest BCUT2D eigenvalue weighted by molar-refractivity contribution is 6.00. The first-order chi connectivity index (χ1) is 15.6. The van der Waals surface area contributed by atoms with Gasteiger partial charge in [-0.05, 0) is 35.5 Å². The third-order valence-corrected chi connectivity index (χ3v) is 4.46. The van der Waals surface area contributed by atoms with Gasteiger partial charge in [0.25, 0.3) is 5.91 Å². The average Bonchev–Trinajstić information content (AvgIpc) is 3.53. The predicted octanol–water partition coefficient (Wildman–Crippen LogP) is 0.387. The maximum absolute atomic E-state index is 12.5. The molecule has 0 bridgehead atoms. The summed E-state index contributed by atoms with van der Waals surface area (Å²) in [5.41, 5.74) is 6.46. The summed E-state index contributed by atoms with van der Waals surface area (Å²) in [7, 11) is 0. The van der Waals surface area contributed by atoms with Crippen molar-refractivity contribution in [2.45, 2.75) is 6.54 Å². The second kappa shape index (κ2) is 7.79. The number of fused-ring (bicyclic) bond motifs is 1. The topological polar surface area (TPSA) is 165 Å². The van der Waals surface area contributed by atoms with Crippen LogP contribution in [0, 0.1) is 0 Å². The highest BCUT2D eigenvalue weighted by Crippen LogP contribution is 2.34. The van der Waals surface area contributed by atoms with E-state index in [0.717, 1.165) is 4.80 Å². The molecule has 0 fully saturated rings. The fourth-order valence-electron chi connectivity index (χ4n) is 2.99. The van der Waals surface area contributed by atoms with Crippen LogP contribution < -0.4 is 20.5 Å². The molecule has 0 saturated carbocycles. The van der Waals surface area contributed by atoms with Crippen LogP contribution in [-0.4, -0.2) is 53.8 Å². The van der Waals surface area contributed by atoms with Gasteiger partial charge in [0, 0.05) is 5.56 Å². The van der Waals surface area contributed by atoms with Crippen molar-refractivity contribution < 1.29 is 19.1 Å². The summed E-state index contributed by atoms with van der Waals surface area (Å²) >= 11 is 0. The third kappa shape index (κ3) is 3.69. The van der Waals surface area contributed by atoms with E-state index in [1.807, 2.05) is 6.07 Å². The summed E-state index contributed by atoms with van der Waals surface area (Å²) < 4.78 is 10.6. The summed E-state index contributed by atoms with van der Waals surface area (Å²) in [5.74, 6) is 0.0894. The number of nitrogens with two attached hydrogens (primary N) is 1. The zero-order valence-electron chi connectivity index (χ0n) is 16.4. The first-order valence-electron chi connectivity index (χ1n) is 9.37. The van der Waals surface area contributed by atoms with E-state index in [0.29, 0.717) is 28.6 Å². The van der Waals surface area contributed by atoms with Crippen molar-refractivity contribution in [3.05, 3.63) is 54.2 Å². The molecule has 2 aromatic carbocycles. The first-order valence-corrected chi connectivity index (χ1v) is 9.37. The molecule has 0 saturated heterocycles. The van der Waals surface area contributed by atoms with Gasteiger partial charge in [-0.25, -0.2) is 0 Å². The van der Waals surface area contributed by atoms with Gasteiger partial charge >= 0.3 is 0 Å². The minimum atomic E-state index is -0.827.